The van der Waals surface area contributed by atoms with Crippen molar-refractivity contribution in [1.29, 1.82) is 0 Å². The molecule has 6 nitrogen and oxygen atoms in total. The van der Waals surface area contributed by atoms with Crippen molar-refractivity contribution in [1.82, 2.24) is 5.32 Å². The molecule has 0 aliphatic rings. The minimum atomic E-state index is -0.487. The molecule has 0 unspecified atom stereocenters. The number of rotatable bonds is 8. The zero-order valence-corrected chi connectivity index (χ0v) is 14.2. The normalized spacial score (nSPS) is 11.4. The van der Waals surface area contributed by atoms with Crippen LogP contribution in [0.1, 0.15) is 12.5 Å². The lowest BCUT2D eigenvalue weighted by molar-refractivity contribution is -0.121. The van der Waals surface area contributed by atoms with Gasteiger partial charge in [0.1, 0.15) is 5.75 Å². The number of amides is 3. The third kappa shape index (κ3) is 6.18. The fraction of sp³-hybridized carbons (Fsp3) is 0.263. The van der Waals surface area contributed by atoms with Crippen molar-refractivity contribution in [3.63, 3.8) is 0 Å². The average molecular weight is 341 g/mol. The van der Waals surface area contributed by atoms with Crippen LogP contribution in [-0.4, -0.2) is 25.1 Å². The Morgan fingerprint density at radius 2 is 1.76 bits per heavy atom. The molecule has 0 fully saturated rings. The van der Waals surface area contributed by atoms with Gasteiger partial charge in [0.05, 0.1) is 12.5 Å². The Bertz CT molecular complexity index is 687. The molecule has 2 aromatic carbocycles. The summed E-state index contributed by atoms with van der Waals surface area (Å²) in [5.74, 6) is -0.157. The summed E-state index contributed by atoms with van der Waals surface area (Å²) in [6.45, 7) is 2.69. The maximum Gasteiger partial charge on any atom is 0.319 e. The van der Waals surface area contributed by atoms with Crippen LogP contribution in [0.15, 0.2) is 54.6 Å². The first-order chi connectivity index (χ1) is 12.1. The maximum atomic E-state index is 11.9. The van der Waals surface area contributed by atoms with Crippen molar-refractivity contribution < 1.29 is 14.3 Å². The van der Waals surface area contributed by atoms with Gasteiger partial charge in [-0.15, -0.1) is 0 Å². The highest BCUT2D eigenvalue weighted by molar-refractivity contribution is 5.89. The van der Waals surface area contributed by atoms with Crippen LogP contribution in [0.2, 0.25) is 0 Å². The van der Waals surface area contributed by atoms with Crippen LogP contribution in [0, 0.1) is 5.92 Å². The summed E-state index contributed by atoms with van der Waals surface area (Å²) in [6.07, 6.45) is 0.452. The predicted octanol–water partition coefficient (Wildman–Crippen LogP) is 2.55. The van der Waals surface area contributed by atoms with Gasteiger partial charge in [0, 0.05) is 12.2 Å². The van der Waals surface area contributed by atoms with Crippen LogP contribution in [-0.2, 0) is 11.2 Å². The number of urea groups is 1. The molecule has 0 aromatic heterocycles. The maximum absolute atomic E-state index is 11.9. The van der Waals surface area contributed by atoms with E-state index in [0.717, 1.165) is 11.3 Å². The topological polar surface area (TPSA) is 93.4 Å². The molecule has 0 saturated carbocycles. The van der Waals surface area contributed by atoms with E-state index in [1.54, 1.807) is 12.1 Å². The van der Waals surface area contributed by atoms with Crippen LogP contribution in [0.5, 0.6) is 5.75 Å². The van der Waals surface area contributed by atoms with E-state index in [1.807, 2.05) is 49.4 Å². The van der Waals surface area contributed by atoms with E-state index in [9.17, 15) is 9.59 Å². The molecule has 132 valence electrons. The second-order valence-electron chi connectivity index (χ2n) is 5.58. The van der Waals surface area contributed by atoms with E-state index >= 15 is 0 Å². The van der Waals surface area contributed by atoms with E-state index in [1.165, 1.54) is 0 Å². The zero-order chi connectivity index (χ0) is 18.1. The van der Waals surface area contributed by atoms with Crippen molar-refractivity contribution in [3.05, 3.63) is 60.2 Å². The minimum absolute atomic E-state index is 0.168. The lowest BCUT2D eigenvalue weighted by atomic mass is 9.98. The summed E-state index contributed by atoms with van der Waals surface area (Å²) >= 11 is 0. The first-order valence-corrected chi connectivity index (χ1v) is 8.19. The number of hydrogen-bond donors (Lipinski definition) is 3. The number of nitrogens with two attached hydrogens (primary N) is 1. The monoisotopic (exact) mass is 341 g/mol. The molecule has 2 rings (SSSR count). The molecule has 0 aliphatic heterocycles. The van der Waals surface area contributed by atoms with Crippen molar-refractivity contribution in [3.8, 4) is 5.75 Å². The SMILES string of the molecule is CCOc1ccc(C[C@@H](CNC(=O)Nc2ccccc2)C(N)=O)cc1. The van der Waals surface area contributed by atoms with Gasteiger partial charge in [-0.3, -0.25) is 4.79 Å². The van der Waals surface area contributed by atoms with Crippen LogP contribution >= 0.6 is 0 Å². The molecule has 3 amide bonds. The van der Waals surface area contributed by atoms with Crippen LogP contribution < -0.4 is 21.1 Å². The molecule has 0 heterocycles. The molecule has 0 aliphatic carbocycles. The quantitative estimate of drug-likeness (QED) is 0.689. The number of para-hydroxylation sites is 1. The third-order valence-corrected chi connectivity index (χ3v) is 3.66. The summed E-state index contributed by atoms with van der Waals surface area (Å²) < 4.78 is 5.39. The summed E-state index contributed by atoms with van der Waals surface area (Å²) in [4.78, 5) is 23.6. The van der Waals surface area contributed by atoms with Gasteiger partial charge in [0.15, 0.2) is 0 Å². The Hall–Kier alpha value is -3.02. The van der Waals surface area contributed by atoms with Crippen molar-refractivity contribution >= 4 is 17.6 Å². The van der Waals surface area contributed by atoms with E-state index in [2.05, 4.69) is 10.6 Å². The third-order valence-electron chi connectivity index (χ3n) is 3.66. The summed E-state index contributed by atoms with van der Waals surface area (Å²) in [6, 6.07) is 16.2. The van der Waals surface area contributed by atoms with Crippen molar-refractivity contribution in [2.45, 2.75) is 13.3 Å². The number of hydrogen-bond acceptors (Lipinski definition) is 3. The number of ether oxygens (including phenoxy) is 1. The number of carbonyl (C=O) groups excluding carboxylic acids is 2. The van der Waals surface area contributed by atoms with Crippen molar-refractivity contribution in [2.24, 2.45) is 11.7 Å². The molecule has 4 N–H and O–H groups in total. The fourth-order valence-electron chi connectivity index (χ4n) is 2.36. The molecule has 6 heteroatoms. The smallest absolute Gasteiger partial charge is 0.319 e. The predicted molar refractivity (Wildman–Crippen MR) is 97.5 cm³/mol. The van der Waals surface area contributed by atoms with Crippen LogP contribution in [0.3, 0.4) is 0 Å². The highest BCUT2D eigenvalue weighted by Crippen LogP contribution is 2.15. The highest BCUT2D eigenvalue weighted by atomic mass is 16.5. The van der Waals surface area contributed by atoms with Crippen molar-refractivity contribution in [2.75, 3.05) is 18.5 Å². The fourth-order valence-corrected chi connectivity index (χ4v) is 2.36. The molecule has 0 saturated heterocycles. The van der Waals surface area contributed by atoms with Gasteiger partial charge in [-0.2, -0.15) is 0 Å². The second kappa shape index (κ2) is 9.32. The van der Waals surface area contributed by atoms with Gasteiger partial charge in [-0.25, -0.2) is 4.79 Å². The van der Waals surface area contributed by atoms with E-state index in [4.69, 9.17) is 10.5 Å². The summed E-state index contributed by atoms with van der Waals surface area (Å²) in [7, 11) is 0. The Kier molecular flexibility index (Phi) is 6.83. The molecule has 0 spiro atoms. The van der Waals surface area contributed by atoms with Gasteiger partial charge < -0.3 is 21.1 Å². The number of primary amides is 1. The minimum Gasteiger partial charge on any atom is -0.494 e. The zero-order valence-electron chi connectivity index (χ0n) is 14.2. The lowest BCUT2D eigenvalue weighted by Crippen LogP contribution is -2.39. The Labute approximate surface area is 147 Å². The van der Waals surface area contributed by atoms with Gasteiger partial charge in [-0.05, 0) is 43.2 Å². The summed E-state index contributed by atoms with van der Waals surface area (Å²) in [5.41, 5.74) is 7.10. The van der Waals surface area contributed by atoms with E-state index in [-0.39, 0.29) is 12.6 Å². The first kappa shape index (κ1) is 18.3. The molecule has 1 atom stereocenters. The highest BCUT2D eigenvalue weighted by Gasteiger charge is 2.17. The molecule has 0 bridgehead atoms. The van der Waals surface area contributed by atoms with E-state index < -0.39 is 11.8 Å². The van der Waals surface area contributed by atoms with Gasteiger partial charge >= 0.3 is 6.03 Å². The molecule has 2 aromatic rings. The number of carbonyl (C=O) groups is 2. The van der Waals surface area contributed by atoms with Gasteiger partial charge in [0.25, 0.3) is 0 Å². The Morgan fingerprint density at radius 1 is 1.08 bits per heavy atom. The molecular formula is C19H23N3O3. The molecular weight excluding hydrogens is 318 g/mol. The summed E-state index contributed by atoms with van der Waals surface area (Å²) in [5, 5.41) is 5.39. The van der Waals surface area contributed by atoms with Gasteiger partial charge in [-0.1, -0.05) is 30.3 Å². The van der Waals surface area contributed by atoms with Crippen LogP contribution in [0.25, 0.3) is 0 Å². The Morgan fingerprint density at radius 3 is 2.36 bits per heavy atom. The average Bonchev–Trinajstić information content (AvgIpc) is 2.61. The number of nitrogens with one attached hydrogen (secondary N) is 2. The van der Waals surface area contributed by atoms with Crippen LogP contribution in [0.4, 0.5) is 10.5 Å². The second-order valence-corrected chi connectivity index (χ2v) is 5.58. The number of anilines is 1. The lowest BCUT2D eigenvalue weighted by Gasteiger charge is -2.15. The largest absolute Gasteiger partial charge is 0.494 e. The first-order valence-electron chi connectivity index (χ1n) is 8.19. The van der Waals surface area contributed by atoms with Gasteiger partial charge in [0.2, 0.25) is 5.91 Å². The Balaban J connectivity index is 1.87. The number of benzene rings is 2. The molecule has 0 radical (unpaired) electrons. The molecule has 25 heavy (non-hydrogen) atoms. The van der Waals surface area contributed by atoms with E-state index in [0.29, 0.717) is 18.7 Å². The standard InChI is InChI=1S/C19H23N3O3/c1-2-25-17-10-8-14(9-11-17)12-15(18(20)23)13-21-19(24)22-16-6-4-3-5-7-16/h3-11,15H,2,12-13H2,1H3,(H2,20,23)(H2,21,22,24)/t15-/m0/s1.